The van der Waals surface area contributed by atoms with Gasteiger partial charge in [-0.05, 0) is 25.3 Å². The van der Waals surface area contributed by atoms with E-state index in [9.17, 15) is 24.5 Å². The Morgan fingerprint density at radius 3 is 2.57 bits per heavy atom. The van der Waals surface area contributed by atoms with E-state index in [0.717, 1.165) is 11.1 Å². The van der Waals surface area contributed by atoms with Crippen LogP contribution in [0.1, 0.15) is 37.8 Å². The molecule has 2 rings (SSSR count). The van der Waals surface area contributed by atoms with E-state index >= 15 is 0 Å². The number of nitrogens with zero attached hydrogens (tertiary/aromatic N) is 1. The van der Waals surface area contributed by atoms with E-state index in [0.29, 0.717) is 6.54 Å². The van der Waals surface area contributed by atoms with Gasteiger partial charge < -0.3 is 10.1 Å². The fourth-order valence-corrected chi connectivity index (χ4v) is 3.52. The summed E-state index contributed by atoms with van der Waals surface area (Å²) in [7, 11) is 0. The number of nitro groups is 1. The molecule has 8 nitrogen and oxygen atoms in total. The summed E-state index contributed by atoms with van der Waals surface area (Å²) in [4.78, 5) is 46.8. The highest BCUT2D eigenvalue weighted by molar-refractivity contribution is 5.89. The Kier molecular flexibility index (Phi) is 7.25. The number of hydrogen-bond acceptors (Lipinski definition) is 6. The molecule has 28 heavy (non-hydrogen) atoms. The highest BCUT2D eigenvalue weighted by Crippen LogP contribution is 2.36. The second kappa shape index (κ2) is 9.43. The molecule has 152 valence electrons. The van der Waals surface area contributed by atoms with Crippen LogP contribution in [0.3, 0.4) is 0 Å². The third kappa shape index (κ3) is 5.87. The minimum absolute atomic E-state index is 0.147. The lowest BCUT2D eigenvalue weighted by molar-refractivity contribution is -0.490. The molecule has 0 spiro atoms. The Morgan fingerprint density at radius 2 is 1.96 bits per heavy atom. The first kappa shape index (κ1) is 21.5. The van der Waals surface area contributed by atoms with Gasteiger partial charge in [0.1, 0.15) is 5.78 Å². The Balaban J connectivity index is 1.85. The zero-order chi connectivity index (χ0) is 20.8. The zero-order valence-corrected chi connectivity index (χ0v) is 16.3. The van der Waals surface area contributed by atoms with E-state index in [1.54, 1.807) is 6.92 Å². The molecule has 0 aromatic heterocycles. The molecule has 0 bridgehead atoms. The molecule has 4 atom stereocenters. The lowest BCUT2D eigenvalue weighted by Gasteiger charge is -2.18. The van der Waals surface area contributed by atoms with E-state index in [1.807, 2.05) is 31.2 Å². The highest BCUT2D eigenvalue weighted by atomic mass is 16.6. The molecule has 1 N–H and O–H groups in total. The van der Waals surface area contributed by atoms with Crippen molar-refractivity contribution in [3.8, 4) is 0 Å². The highest BCUT2D eigenvalue weighted by Gasteiger charge is 2.44. The van der Waals surface area contributed by atoms with Crippen LogP contribution in [0.5, 0.6) is 0 Å². The van der Waals surface area contributed by atoms with Gasteiger partial charge in [-0.25, -0.2) is 0 Å². The SMILES string of the molecule is Cc1ccc(CNC(=O)[C@@H](C)OC(=O)C[C@H]2C(=O)C[C@@H](C)[C@H]2C[N+](=O)[O-])cc1. The summed E-state index contributed by atoms with van der Waals surface area (Å²) in [6.07, 6.45) is -1.03. The van der Waals surface area contributed by atoms with Crippen LogP contribution in [0.15, 0.2) is 24.3 Å². The average Bonchev–Trinajstić information content (AvgIpc) is 2.87. The van der Waals surface area contributed by atoms with Crippen LogP contribution in [0.25, 0.3) is 0 Å². The maximum atomic E-state index is 12.2. The van der Waals surface area contributed by atoms with Crippen molar-refractivity contribution in [2.45, 2.75) is 46.3 Å². The zero-order valence-electron chi connectivity index (χ0n) is 16.3. The molecule has 8 heteroatoms. The first-order valence-electron chi connectivity index (χ1n) is 9.34. The van der Waals surface area contributed by atoms with Crippen LogP contribution >= 0.6 is 0 Å². The smallest absolute Gasteiger partial charge is 0.307 e. The normalized spacial score (nSPS) is 22.5. The Labute approximate surface area is 163 Å². The number of carbonyl (C=O) groups is 3. The molecule has 0 heterocycles. The van der Waals surface area contributed by atoms with Gasteiger partial charge in [0.2, 0.25) is 6.54 Å². The van der Waals surface area contributed by atoms with Crippen molar-refractivity contribution >= 4 is 17.7 Å². The van der Waals surface area contributed by atoms with E-state index in [-0.39, 0.29) is 31.1 Å². The molecular weight excluding hydrogens is 364 g/mol. The predicted molar refractivity (Wildman–Crippen MR) is 101 cm³/mol. The fourth-order valence-electron chi connectivity index (χ4n) is 3.52. The van der Waals surface area contributed by atoms with Gasteiger partial charge in [-0.1, -0.05) is 36.8 Å². The minimum Gasteiger partial charge on any atom is -0.453 e. The number of amides is 1. The number of carbonyl (C=O) groups excluding carboxylic acids is 3. The Bertz CT molecular complexity index is 746. The second-order valence-electron chi connectivity index (χ2n) is 7.47. The first-order valence-corrected chi connectivity index (χ1v) is 9.34. The van der Waals surface area contributed by atoms with Gasteiger partial charge in [0.25, 0.3) is 5.91 Å². The Morgan fingerprint density at radius 1 is 1.32 bits per heavy atom. The molecule has 0 radical (unpaired) electrons. The van der Waals surface area contributed by atoms with Crippen molar-refractivity contribution < 1.29 is 24.0 Å². The number of nitrogens with one attached hydrogen (secondary N) is 1. The quantitative estimate of drug-likeness (QED) is 0.413. The van der Waals surface area contributed by atoms with Gasteiger partial charge in [-0.2, -0.15) is 0 Å². The van der Waals surface area contributed by atoms with Gasteiger partial charge in [0.05, 0.1) is 6.42 Å². The molecule has 1 amide bonds. The monoisotopic (exact) mass is 390 g/mol. The number of Topliss-reactive ketones (excluding diaryl/α,β-unsaturated/α-hetero) is 1. The number of aryl methyl sites for hydroxylation is 1. The van der Waals surface area contributed by atoms with Crippen molar-refractivity contribution in [2.75, 3.05) is 6.54 Å². The molecular formula is C20H26N2O6. The van der Waals surface area contributed by atoms with Gasteiger partial charge in [-0.15, -0.1) is 0 Å². The van der Waals surface area contributed by atoms with E-state index in [4.69, 9.17) is 4.74 Å². The molecule has 1 aromatic rings. The first-order chi connectivity index (χ1) is 13.2. The average molecular weight is 390 g/mol. The Hall–Kier alpha value is -2.77. The maximum Gasteiger partial charge on any atom is 0.307 e. The maximum absolute atomic E-state index is 12.2. The molecule has 0 aliphatic heterocycles. The van der Waals surface area contributed by atoms with Crippen LogP contribution in [0.2, 0.25) is 0 Å². The van der Waals surface area contributed by atoms with Crippen LogP contribution in [-0.4, -0.2) is 35.2 Å². The second-order valence-corrected chi connectivity index (χ2v) is 7.47. The van der Waals surface area contributed by atoms with Gasteiger partial charge in [0, 0.05) is 29.7 Å². The van der Waals surface area contributed by atoms with E-state index < -0.39 is 34.7 Å². The number of hydrogen-bond donors (Lipinski definition) is 1. The number of benzene rings is 1. The van der Waals surface area contributed by atoms with Crippen molar-refractivity contribution in [1.82, 2.24) is 5.32 Å². The van der Waals surface area contributed by atoms with Crippen molar-refractivity contribution in [1.29, 1.82) is 0 Å². The topological polar surface area (TPSA) is 116 Å². The predicted octanol–water partition coefficient (Wildman–Crippen LogP) is 2.05. The number of ether oxygens (including phenoxy) is 1. The van der Waals surface area contributed by atoms with Crippen molar-refractivity contribution in [3.63, 3.8) is 0 Å². The molecule has 1 fully saturated rings. The van der Waals surface area contributed by atoms with Crippen molar-refractivity contribution in [2.24, 2.45) is 17.8 Å². The lowest BCUT2D eigenvalue weighted by atomic mass is 9.88. The van der Waals surface area contributed by atoms with Crippen LogP contribution in [0, 0.1) is 34.8 Å². The number of esters is 1. The largest absolute Gasteiger partial charge is 0.453 e. The van der Waals surface area contributed by atoms with Crippen LogP contribution < -0.4 is 5.32 Å². The lowest BCUT2D eigenvalue weighted by Crippen LogP contribution is -2.36. The van der Waals surface area contributed by atoms with E-state index in [2.05, 4.69) is 5.32 Å². The van der Waals surface area contributed by atoms with Crippen LogP contribution in [0.4, 0.5) is 0 Å². The molecule has 1 aliphatic carbocycles. The van der Waals surface area contributed by atoms with E-state index in [1.165, 1.54) is 6.92 Å². The molecule has 1 aliphatic rings. The van der Waals surface area contributed by atoms with Gasteiger partial charge in [0.15, 0.2) is 6.10 Å². The summed E-state index contributed by atoms with van der Waals surface area (Å²) in [6, 6.07) is 7.67. The molecule has 0 saturated heterocycles. The summed E-state index contributed by atoms with van der Waals surface area (Å²) < 4.78 is 5.15. The standard InChI is InChI=1S/C20H26N2O6/c1-12-4-6-15(7-5-12)10-21-20(25)14(3)28-19(24)9-16-17(11-22(26)27)13(2)8-18(16)23/h4-7,13-14,16-17H,8-11H2,1-3H3,(H,21,25)/t13-,14-,16-,17-/m1/s1. The van der Waals surface area contributed by atoms with Gasteiger partial charge in [-0.3, -0.25) is 24.5 Å². The molecule has 1 aromatic carbocycles. The summed E-state index contributed by atoms with van der Waals surface area (Å²) in [5.41, 5.74) is 2.04. The summed E-state index contributed by atoms with van der Waals surface area (Å²) in [6.45, 7) is 5.16. The minimum atomic E-state index is -1.01. The van der Waals surface area contributed by atoms with Crippen LogP contribution in [-0.2, 0) is 25.7 Å². The summed E-state index contributed by atoms with van der Waals surface area (Å²) >= 11 is 0. The van der Waals surface area contributed by atoms with Gasteiger partial charge >= 0.3 is 5.97 Å². The third-order valence-electron chi connectivity index (χ3n) is 5.20. The summed E-state index contributed by atoms with van der Waals surface area (Å²) in [5.74, 6) is -2.66. The molecule has 1 saturated carbocycles. The van der Waals surface area contributed by atoms with Crippen molar-refractivity contribution in [3.05, 3.63) is 45.5 Å². The third-order valence-corrected chi connectivity index (χ3v) is 5.20. The number of rotatable bonds is 8. The number of ketones is 1. The fraction of sp³-hybridized carbons (Fsp3) is 0.550. The summed E-state index contributed by atoms with van der Waals surface area (Å²) in [5, 5.41) is 13.5. The molecule has 0 unspecified atom stereocenters.